The van der Waals surface area contributed by atoms with E-state index in [0.29, 0.717) is 10.9 Å². The second kappa shape index (κ2) is 9.22. The van der Waals surface area contributed by atoms with Crippen LogP contribution in [0, 0.1) is 5.92 Å². The molecule has 0 bridgehead atoms. The van der Waals surface area contributed by atoms with Gasteiger partial charge in [-0.3, -0.25) is 4.98 Å². The van der Waals surface area contributed by atoms with Crippen molar-refractivity contribution in [3.05, 3.63) is 29.0 Å². The topological polar surface area (TPSA) is 24.9 Å². The van der Waals surface area contributed by atoms with Crippen molar-refractivity contribution in [1.82, 2.24) is 10.3 Å². The monoisotopic (exact) mass is 270 g/mol. The van der Waals surface area contributed by atoms with Crippen molar-refractivity contribution in [1.29, 1.82) is 0 Å². The quantitative estimate of drug-likeness (QED) is 0.909. The van der Waals surface area contributed by atoms with E-state index in [1.54, 1.807) is 6.20 Å². The lowest BCUT2D eigenvalue weighted by atomic mass is 10.2. The third-order valence-corrected chi connectivity index (χ3v) is 1.87. The van der Waals surface area contributed by atoms with Crippen molar-refractivity contribution in [2.45, 2.75) is 20.4 Å². The fourth-order valence-corrected chi connectivity index (χ4v) is 1.11. The van der Waals surface area contributed by atoms with E-state index in [1.807, 2.05) is 12.1 Å². The zero-order valence-corrected chi connectivity index (χ0v) is 11.3. The summed E-state index contributed by atoms with van der Waals surface area (Å²) >= 11 is 5.71. The molecule has 1 rings (SSSR count). The van der Waals surface area contributed by atoms with Gasteiger partial charge in [-0.05, 0) is 24.6 Å². The minimum absolute atomic E-state index is 0. The molecule has 0 saturated heterocycles. The summed E-state index contributed by atoms with van der Waals surface area (Å²) in [6.45, 7) is 6.20. The Morgan fingerprint density at radius 3 is 2.47 bits per heavy atom. The first kappa shape index (κ1) is 17.4. The highest BCUT2D eigenvalue weighted by atomic mass is 35.5. The first-order chi connectivity index (χ1) is 6.18. The number of halogens is 3. The van der Waals surface area contributed by atoms with E-state index in [9.17, 15) is 0 Å². The van der Waals surface area contributed by atoms with Crippen molar-refractivity contribution in [2.75, 3.05) is 6.54 Å². The van der Waals surface area contributed by atoms with Crippen LogP contribution in [-0.4, -0.2) is 11.5 Å². The van der Waals surface area contributed by atoms with Gasteiger partial charge in [0.2, 0.25) is 0 Å². The van der Waals surface area contributed by atoms with Crippen LogP contribution in [0.2, 0.25) is 5.02 Å². The molecule has 0 unspecified atom stereocenters. The highest BCUT2D eigenvalue weighted by molar-refractivity contribution is 6.30. The average molecular weight is 272 g/mol. The molecule has 0 radical (unpaired) electrons. The lowest BCUT2D eigenvalue weighted by Gasteiger charge is -2.06. The Hall–Kier alpha value is -0.0200. The number of pyridine rings is 1. The van der Waals surface area contributed by atoms with Crippen molar-refractivity contribution in [3.63, 3.8) is 0 Å². The molecule has 1 aromatic rings. The third kappa shape index (κ3) is 7.86. The highest BCUT2D eigenvalue weighted by Crippen LogP contribution is 2.05. The summed E-state index contributed by atoms with van der Waals surface area (Å²) in [7, 11) is 0. The van der Waals surface area contributed by atoms with E-state index in [2.05, 4.69) is 24.1 Å². The van der Waals surface area contributed by atoms with Crippen molar-refractivity contribution in [2.24, 2.45) is 5.92 Å². The smallest absolute Gasteiger partial charge is 0.0589 e. The predicted molar refractivity (Wildman–Crippen MR) is 70.3 cm³/mol. The van der Waals surface area contributed by atoms with Gasteiger partial charge in [0, 0.05) is 12.7 Å². The Labute approximate surface area is 109 Å². The number of nitrogens with one attached hydrogen (secondary N) is 1. The molecule has 15 heavy (non-hydrogen) atoms. The average Bonchev–Trinajstić information content (AvgIpc) is 2.08. The van der Waals surface area contributed by atoms with E-state index in [0.717, 1.165) is 18.8 Å². The fraction of sp³-hybridized carbons (Fsp3) is 0.500. The first-order valence-electron chi connectivity index (χ1n) is 4.49. The molecule has 0 fully saturated rings. The normalized spacial score (nSPS) is 9.33. The Balaban J connectivity index is 0. The fourth-order valence-electron chi connectivity index (χ4n) is 1.000. The minimum atomic E-state index is 0. The Bertz CT molecular complexity index is 249. The van der Waals surface area contributed by atoms with Crippen LogP contribution >= 0.6 is 36.4 Å². The molecule has 0 aliphatic carbocycles. The summed E-state index contributed by atoms with van der Waals surface area (Å²) in [5.41, 5.74) is 1.03. The molecule has 1 aromatic heterocycles. The molecule has 5 heteroatoms. The molecule has 0 saturated carbocycles. The van der Waals surface area contributed by atoms with Crippen LogP contribution in [0.1, 0.15) is 19.5 Å². The van der Waals surface area contributed by atoms with Gasteiger partial charge in [-0.1, -0.05) is 25.4 Å². The largest absolute Gasteiger partial charge is 0.311 e. The van der Waals surface area contributed by atoms with Crippen molar-refractivity contribution < 1.29 is 0 Å². The van der Waals surface area contributed by atoms with E-state index in [-0.39, 0.29) is 24.8 Å². The van der Waals surface area contributed by atoms with Gasteiger partial charge in [0.1, 0.15) is 0 Å². The van der Waals surface area contributed by atoms with Crippen molar-refractivity contribution >= 4 is 36.4 Å². The number of hydrogen-bond donors (Lipinski definition) is 1. The lowest BCUT2D eigenvalue weighted by molar-refractivity contribution is 0.548. The van der Waals surface area contributed by atoms with Gasteiger partial charge in [0.05, 0.1) is 10.7 Å². The third-order valence-electron chi connectivity index (χ3n) is 1.65. The molecule has 0 aromatic carbocycles. The molecule has 0 atom stereocenters. The van der Waals surface area contributed by atoms with Gasteiger partial charge in [-0.25, -0.2) is 0 Å². The van der Waals surface area contributed by atoms with E-state index in [4.69, 9.17) is 11.6 Å². The van der Waals surface area contributed by atoms with Crippen molar-refractivity contribution in [3.8, 4) is 0 Å². The SMILES string of the molecule is CC(C)CNCc1ccc(Cl)cn1.Cl.Cl. The van der Waals surface area contributed by atoms with Crippen LogP contribution in [0.5, 0.6) is 0 Å². The second-order valence-electron chi connectivity index (χ2n) is 3.49. The van der Waals surface area contributed by atoms with E-state index < -0.39 is 0 Å². The maximum atomic E-state index is 5.71. The zero-order chi connectivity index (χ0) is 9.68. The molecule has 2 nitrogen and oxygen atoms in total. The van der Waals surface area contributed by atoms with Gasteiger partial charge in [0.25, 0.3) is 0 Å². The number of hydrogen-bond acceptors (Lipinski definition) is 2. The maximum absolute atomic E-state index is 5.71. The maximum Gasteiger partial charge on any atom is 0.0589 e. The zero-order valence-electron chi connectivity index (χ0n) is 8.87. The summed E-state index contributed by atoms with van der Waals surface area (Å²) in [5.74, 6) is 0.673. The van der Waals surface area contributed by atoms with Gasteiger partial charge in [-0.2, -0.15) is 0 Å². The summed E-state index contributed by atoms with van der Waals surface area (Å²) in [6.07, 6.45) is 1.67. The molecule has 1 N–H and O–H groups in total. The molecule has 0 aliphatic heterocycles. The summed E-state index contributed by atoms with van der Waals surface area (Å²) in [4.78, 5) is 4.18. The number of aromatic nitrogens is 1. The molecule has 0 aliphatic rings. The van der Waals surface area contributed by atoms with Crippen LogP contribution in [0.25, 0.3) is 0 Å². The van der Waals surface area contributed by atoms with Crippen LogP contribution in [0.4, 0.5) is 0 Å². The molecule has 0 amide bonds. The van der Waals surface area contributed by atoms with E-state index >= 15 is 0 Å². The minimum Gasteiger partial charge on any atom is -0.311 e. The Morgan fingerprint density at radius 1 is 1.33 bits per heavy atom. The van der Waals surface area contributed by atoms with Gasteiger partial charge < -0.3 is 5.32 Å². The molecule has 0 spiro atoms. The molecular weight excluding hydrogens is 254 g/mol. The lowest BCUT2D eigenvalue weighted by Crippen LogP contribution is -2.19. The van der Waals surface area contributed by atoms with Gasteiger partial charge in [-0.15, -0.1) is 24.8 Å². The molecule has 1 heterocycles. The van der Waals surface area contributed by atoms with Crippen LogP contribution in [0.15, 0.2) is 18.3 Å². The predicted octanol–water partition coefficient (Wildman–Crippen LogP) is 3.32. The summed E-state index contributed by atoms with van der Waals surface area (Å²) in [5, 5.41) is 4.00. The standard InChI is InChI=1S/C10H15ClN2.2ClH/c1-8(2)5-12-7-10-4-3-9(11)6-13-10;;/h3-4,6,8,12H,5,7H2,1-2H3;2*1H. The van der Waals surface area contributed by atoms with Gasteiger partial charge in [0.15, 0.2) is 0 Å². The van der Waals surface area contributed by atoms with Gasteiger partial charge >= 0.3 is 0 Å². The number of rotatable bonds is 4. The Kier molecular flexibility index (Phi) is 10.7. The molecular formula is C10H17Cl3N2. The summed E-state index contributed by atoms with van der Waals surface area (Å²) in [6, 6.07) is 3.80. The first-order valence-corrected chi connectivity index (χ1v) is 4.87. The molecule has 88 valence electrons. The van der Waals surface area contributed by atoms with Crippen LogP contribution in [-0.2, 0) is 6.54 Å². The van der Waals surface area contributed by atoms with Crippen LogP contribution < -0.4 is 5.32 Å². The summed E-state index contributed by atoms with van der Waals surface area (Å²) < 4.78 is 0. The van der Waals surface area contributed by atoms with Crippen LogP contribution in [0.3, 0.4) is 0 Å². The highest BCUT2D eigenvalue weighted by Gasteiger charge is 1.95. The van der Waals surface area contributed by atoms with E-state index in [1.165, 1.54) is 0 Å². The second-order valence-corrected chi connectivity index (χ2v) is 3.93. The Morgan fingerprint density at radius 2 is 2.00 bits per heavy atom. The number of nitrogens with zero attached hydrogens (tertiary/aromatic N) is 1.